The van der Waals surface area contributed by atoms with Crippen molar-refractivity contribution in [1.82, 2.24) is 10.2 Å². The fourth-order valence-electron chi connectivity index (χ4n) is 2.46. The van der Waals surface area contributed by atoms with Crippen molar-refractivity contribution < 1.29 is 4.74 Å². The number of methoxy groups -OCH3 is 1. The van der Waals surface area contributed by atoms with Gasteiger partial charge in [-0.25, -0.2) is 0 Å². The van der Waals surface area contributed by atoms with E-state index in [0.29, 0.717) is 5.88 Å². The van der Waals surface area contributed by atoms with E-state index in [1.54, 1.807) is 29.8 Å². The van der Waals surface area contributed by atoms with Gasteiger partial charge in [0.05, 0.1) is 11.8 Å². The number of aromatic nitrogens is 2. The van der Waals surface area contributed by atoms with E-state index < -0.39 is 0 Å². The highest BCUT2D eigenvalue weighted by atomic mass is 32.1. The van der Waals surface area contributed by atoms with E-state index in [-0.39, 0.29) is 6.04 Å². The monoisotopic (exact) mass is 348 g/mol. The fraction of sp³-hybridized carbons (Fsp3) is 0.375. The van der Waals surface area contributed by atoms with Crippen molar-refractivity contribution in [2.45, 2.75) is 32.9 Å². The van der Waals surface area contributed by atoms with E-state index in [1.807, 2.05) is 6.92 Å². The summed E-state index contributed by atoms with van der Waals surface area (Å²) in [6.07, 6.45) is 0.847. The zero-order chi connectivity index (χ0) is 16.4. The molecule has 3 heterocycles. The van der Waals surface area contributed by atoms with Gasteiger partial charge in [-0.1, -0.05) is 6.07 Å². The Morgan fingerprint density at radius 3 is 2.87 bits per heavy atom. The Bertz CT molecular complexity index is 796. The summed E-state index contributed by atoms with van der Waals surface area (Å²) in [5, 5.41) is 14.1. The second kappa shape index (κ2) is 6.82. The Morgan fingerprint density at radius 2 is 2.22 bits per heavy atom. The van der Waals surface area contributed by atoms with Gasteiger partial charge in [-0.2, -0.15) is 0 Å². The van der Waals surface area contributed by atoms with E-state index in [2.05, 4.69) is 40.0 Å². The minimum absolute atomic E-state index is 0.124. The van der Waals surface area contributed by atoms with Crippen molar-refractivity contribution in [1.29, 1.82) is 0 Å². The predicted octanol–water partition coefficient (Wildman–Crippen LogP) is 3.57. The highest BCUT2D eigenvalue weighted by Gasteiger charge is 2.18. The van der Waals surface area contributed by atoms with Crippen LogP contribution in [0.25, 0.3) is 10.2 Å². The Labute approximate surface area is 143 Å². The van der Waals surface area contributed by atoms with Gasteiger partial charge in [0.2, 0.25) is 0 Å². The lowest BCUT2D eigenvalue weighted by atomic mass is 10.1. The van der Waals surface area contributed by atoms with Gasteiger partial charge in [0.25, 0.3) is 5.88 Å². The first-order valence-corrected chi connectivity index (χ1v) is 9.14. The highest BCUT2D eigenvalue weighted by Crippen LogP contribution is 2.39. The summed E-state index contributed by atoms with van der Waals surface area (Å²) in [4.78, 5) is 2.53. The van der Waals surface area contributed by atoms with Gasteiger partial charge < -0.3 is 15.8 Å². The standard InChI is InChI=1S/C16H20N4OS2/c1-9(17)7-12-10(2)13-15(23-12)14(16(21-3)20-19-13)18-8-11-5-4-6-22-11/h4-6,9H,7-8,17H2,1-3H3,(H,18,19)/t9-/m0/s1. The molecule has 0 saturated heterocycles. The van der Waals surface area contributed by atoms with Gasteiger partial charge >= 0.3 is 0 Å². The lowest BCUT2D eigenvalue weighted by Crippen LogP contribution is -2.17. The number of aryl methyl sites for hydroxylation is 1. The van der Waals surface area contributed by atoms with Gasteiger partial charge in [0.15, 0.2) is 0 Å². The van der Waals surface area contributed by atoms with Crippen molar-refractivity contribution >= 4 is 38.6 Å². The molecule has 3 aromatic rings. The number of hydrogen-bond donors (Lipinski definition) is 2. The molecule has 0 unspecified atom stereocenters. The van der Waals surface area contributed by atoms with Crippen LogP contribution in [0.15, 0.2) is 17.5 Å². The van der Waals surface area contributed by atoms with Gasteiger partial charge in [0.1, 0.15) is 11.2 Å². The van der Waals surface area contributed by atoms with Crippen LogP contribution < -0.4 is 15.8 Å². The van der Waals surface area contributed by atoms with Crippen molar-refractivity contribution in [3.8, 4) is 5.88 Å². The summed E-state index contributed by atoms with van der Waals surface area (Å²) >= 11 is 3.45. The average molecular weight is 348 g/mol. The number of anilines is 1. The first-order chi connectivity index (χ1) is 11.1. The molecule has 5 nitrogen and oxygen atoms in total. The number of fused-ring (bicyclic) bond motifs is 1. The molecule has 3 N–H and O–H groups in total. The molecule has 0 aliphatic rings. The largest absolute Gasteiger partial charge is 0.478 e. The van der Waals surface area contributed by atoms with E-state index in [1.165, 1.54) is 9.75 Å². The summed E-state index contributed by atoms with van der Waals surface area (Å²) in [5.41, 5.74) is 8.97. The number of nitrogens with two attached hydrogens (primary N) is 1. The van der Waals surface area contributed by atoms with Crippen molar-refractivity contribution in [3.05, 3.63) is 32.8 Å². The second-order valence-electron chi connectivity index (χ2n) is 5.53. The third-order valence-electron chi connectivity index (χ3n) is 3.62. The topological polar surface area (TPSA) is 73.1 Å². The zero-order valence-electron chi connectivity index (χ0n) is 13.4. The maximum absolute atomic E-state index is 5.96. The molecule has 23 heavy (non-hydrogen) atoms. The first-order valence-electron chi connectivity index (χ1n) is 7.44. The number of nitrogens with zero attached hydrogens (tertiary/aromatic N) is 2. The minimum atomic E-state index is 0.124. The van der Waals surface area contributed by atoms with Crippen LogP contribution in [0.1, 0.15) is 22.2 Å². The fourth-order valence-corrected chi connectivity index (χ4v) is 4.50. The van der Waals surface area contributed by atoms with Gasteiger partial charge in [-0.15, -0.1) is 32.9 Å². The molecular weight excluding hydrogens is 328 g/mol. The van der Waals surface area contributed by atoms with Crippen LogP contribution in [0.5, 0.6) is 5.88 Å². The van der Waals surface area contributed by atoms with Crippen LogP contribution in [-0.4, -0.2) is 23.3 Å². The Hall–Kier alpha value is -1.70. The molecule has 122 valence electrons. The van der Waals surface area contributed by atoms with Crippen molar-refractivity contribution in [2.24, 2.45) is 5.73 Å². The molecule has 0 radical (unpaired) electrons. The predicted molar refractivity (Wildman–Crippen MR) is 97.7 cm³/mol. The highest BCUT2D eigenvalue weighted by molar-refractivity contribution is 7.19. The van der Waals surface area contributed by atoms with Crippen molar-refractivity contribution in [2.75, 3.05) is 12.4 Å². The number of thiophene rings is 2. The van der Waals surface area contributed by atoms with E-state index in [9.17, 15) is 0 Å². The average Bonchev–Trinajstić information content (AvgIpc) is 3.14. The molecule has 0 aromatic carbocycles. The summed E-state index contributed by atoms with van der Waals surface area (Å²) in [7, 11) is 1.62. The molecule has 0 bridgehead atoms. The molecule has 0 aliphatic carbocycles. The molecule has 3 rings (SSSR count). The van der Waals surface area contributed by atoms with E-state index in [4.69, 9.17) is 10.5 Å². The smallest absolute Gasteiger partial charge is 0.258 e. The molecule has 0 amide bonds. The minimum Gasteiger partial charge on any atom is -0.478 e. The van der Waals surface area contributed by atoms with Crippen LogP contribution in [0.3, 0.4) is 0 Å². The molecule has 7 heteroatoms. The molecule has 0 fully saturated rings. The number of nitrogens with one attached hydrogen (secondary N) is 1. The van der Waals surface area contributed by atoms with Crippen LogP contribution >= 0.6 is 22.7 Å². The maximum Gasteiger partial charge on any atom is 0.258 e. The maximum atomic E-state index is 5.96. The summed E-state index contributed by atoms with van der Waals surface area (Å²) in [6.45, 7) is 4.85. The number of ether oxygens (including phenoxy) is 1. The van der Waals surface area contributed by atoms with E-state index >= 15 is 0 Å². The molecule has 1 atom stereocenters. The molecular formula is C16H20N4OS2. The number of rotatable bonds is 6. The van der Waals surface area contributed by atoms with Crippen LogP contribution in [0, 0.1) is 6.92 Å². The van der Waals surface area contributed by atoms with Gasteiger partial charge in [-0.3, -0.25) is 0 Å². The quantitative estimate of drug-likeness (QED) is 0.712. The molecule has 0 spiro atoms. The number of hydrogen-bond acceptors (Lipinski definition) is 7. The van der Waals surface area contributed by atoms with Gasteiger partial charge in [0, 0.05) is 22.3 Å². The SMILES string of the molecule is COc1nnc2c(C)c(C[C@H](C)N)sc2c1NCc1cccs1. The lowest BCUT2D eigenvalue weighted by Gasteiger charge is -2.09. The zero-order valence-corrected chi connectivity index (χ0v) is 15.1. The summed E-state index contributed by atoms with van der Waals surface area (Å²) in [6, 6.07) is 4.28. The lowest BCUT2D eigenvalue weighted by molar-refractivity contribution is 0.395. The van der Waals surface area contributed by atoms with Crippen LogP contribution in [0.2, 0.25) is 0 Å². The molecule has 3 aromatic heterocycles. The Kier molecular flexibility index (Phi) is 4.79. The van der Waals surface area contributed by atoms with Crippen molar-refractivity contribution in [3.63, 3.8) is 0 Å². The van der Waals surface area contributed by atoms with E-state index in [0.717, 1.165) is 34.4 Å². The molecule has 0 saturated carbocycles. The Balaban J connectivity index is 2.02. The van der Waals surface area contributed by atoms with Gasteiger partial charge in [-0.05, 0) is 37.3 Å². The third kappa shape index (κ3) is 3.31. The second-order valence-corrected chi connectivity index (χ2v) is 7.66. The normalized spacial score (nSPS) is 12.5. The van der Waals surface area contributed by atoms with Crippen LogP contribution in [-0.2, 0) is 13.0 Å². The Morgan fingerprint density at radius 1 is 1.39 bits per heavy atom. The molecule has 0 aliphatic heterocycles. The first kappa shape index (κ1) is 16.2. The third-order valence-corrected chi connectivity index (χ3v) is 5.81. The summed E-state index contributed by atoms with van der Waals surface area (Å²) in [5.74, 6) is 0.530. The summed E-state index contributed by atoms with van der Waals surface area (Å²) < 4.78 is 6.49. The van der Waals surface area contributed by atoms with Crippen LogP contribution in [0.4, 0.5) is 5.69 Å².